The number of carbonyl (C=O) groups is 1. The molecule has 0 saturated carbocycles. The average Bonchev–Trinajstić information content (AvgIpc) is 2.40. The molecule has 98 valence electrons. The van der Waals surface area contributed by atoms with Gasteiger partial charge in [-0.15, -0.1) is 0 Å². The van der Waals surface area contributed by atoms with Gasteiger partial charge in [0.2, 0.25) is 0 Å². The number of aliphatic hydroxyl groups excluding tert-OH is 1. The van der Waals surface area contributed by atoms with Crippen molar-refractivity contribution in [2.75, 3.05) is 32.1 Å². The smallest absolute Gasteiger partial charge is 0.256 e. The van der Waals surface area contributed by atoms with Gasteiger partial charge >= 0.3 is 0 Å². The van der Waals surface area contributed by atoms with Crippen LogP contribution in [0.3, 0.4) is 0 Å². The quantitative estimate of drug-likeness (QED) is 0.794. The second-order valence-corrected chi connectivity index (χ2v) is 5.06. The van der Waals surface area contributed by atoms with Gasteiger partial charge in [-0.1, -0.05) is 15.9 Å². The number of hydrogen-bond acceptors (Lipinski definition) is 4. The van der Waals surface area contributed by atoms with Crippen LogP contribution in [0.5, 0.6) is 0 Å². The first-order valence-corrected chi connectivity index (χ1v) is 6.47. The number of anilines is 1. The van der Waals surface area contributed by atoms with Crippen LogP contribution in [0, 0.1) is 0 Å². The number of carbonyl (C=O) groups excluding carboxylic acids is 1. The highest BCUT2D eigenvalue weighted by Gasteiger charge is 2.28. The van der Waals surface area contributed by atoms with Crippen LogP contribution in [-0.2, 0) is 4.74 Å². The maximum Gasteiger partial charge on any atom is 0.256 e. The predicted molar refractivity (Wildman–Crippen MR) is 71.3 cm³/mol. The lowest BCUT2D eigenvalue weighted by molar-refractivity contribution is -0.0183. The predicted octanol–water partition coefficient (Wildman–Crippen LogP) is 0.865. The van der Waals surface area contributed by atoms with E-state index in [9.17, 15) is 9.90 Å². The number of amides is 1. The van der Waals surface area contributed by atoms with Crippen molar-refractivity contribution in [3.63, 3.8) is 0 Å². The highest BCUT2D eigenvalue weighted by molar-refractivity contribution is 9.10. The molecule has 1 heterocycles. The van der Waals surface area contributed by atoms with Gasteiger partial charge in [0.25, 0.3) is 5.91 Å². The summed E-state index contributed by atoms with van der Waals surface area (Å²) in [6.07, 6.45) is 0. The fraction of sp³-hybridized carbons (Fsp3) is 0.417. The molecule has 1 aliphatic rings. The molecule has 1 saturated heterocycles. The van der Waals surface area contributed by atoms with E-state index in [1.165, 1.54) is 0 Å². The van der Waals surface area contributed by atoms with Gasteiger partial charge in [-0.2, -0.15) is 0 Å². The number of nitrogen functional groups attached to an aromatic ring is 1. The van der Waals surface area contributed by atoms with E-state index in [2.05, 4.69) is 15.9 Å². The molecule has 6 heteroatoms. The lowest BCUT2D eigenvalue weighted by atomic mass is 10.1. The van der Waals surface area contributed by atoms with Crippen LogP contribution in [0.2, 0.25) is 0 Å². The SMILES string of the molecule is Nc1ccc(Br)cc1C(=O)N1CCOCC1CO. The van der Waals surface area contributed by atoms with E-state index in [1.807, 2.05) is 0 Å². The van der Waals surface area contributed by atoms with E-state index >= 15 is 0 Å². The first-order valence-electron chi connectivity index (χ1n) is 5.68. The number of rotatable bonds is 2. The Kier molecular flexibility index (Phi) is 4.21. The third-order valence-electron chi connectivity index (χ3n) is 2.94. The molecule has 0 aliphatic carbocycles. The van der Waals surface area contributed by atoms with Crippen LogP contribution < -0.4 is 5.73 Å². The van der Waals surface area contributed by atoms with E-state index in [-0.39, 0.29) is 18.6 Å². The summed E-state index contributed by atoms with van der Waals surface area (Å²) in [5.74, 6) is -0.170. The van der Waals surface area contributed by atoms with Crippen molar-refractivity contribution in [1.29, 1.82) is 0 Å². The number of aliphatic hydroxyl groups is 1. The molecule has 0 aromatic heterocycles. The van der Waals surface area contributed by atoms with Crippen LogP contribution in [-0.4, -0.2) is 48.3 Å². The third kappa shape index (κ3) is 2.66. The largest absolute Gasteiger partial charge is 0.398 e. The zero-order valence-electron chi connectivity index (χ0n) is 9.80. The summed E-state index contributed by atoms with van der Waals surface area (Å²) in [4.78, 5) is 14.0. The molecule has 2 rings (SSSR count). The molecular weight excluding hydrogens is 300 g/mol. The number of nitrogens with zero attached hydrogens (tertiary/aromatic N) is 1. The molecule has 1 aromatic carbocycles. The van der Waals surface area contributed by atoms with Crippen LogP contribution in [0.1, 0.15) is 10.4 Å². The van der Waals surface area contributed by atoms with E-state index in [0.717, 1.165) is 4.47 Å². The Bertz CT molecular complexity index is 453. The van der Waals surface area contributed by atoms with Gasteiger partial charge in [0.15, 0.2) is 0 Å². The molecule has 1 amide bonds. The van der Waals surface area contributed by atoms with Crippen molar-refractivity contribution in [3.05, 3.63) is 28.2 Å². The number of nitrogens with two attached hydrogens (primary N) is 1. The normalized spacial score (nSPS) is 19.9. The first kappa shape index (κ1) is 13.3. The van der Waals surface area contributed by atoms with E-state index in [1.54, 1.807) is 23.1 Å². The molecular formula is C12H15BrN2O3. The fourth-order valence-corrected chi connectivity index (χ4v) is 2.30. The van der Waals surface area contributed by atoms with Gasteiger partial charge in [0.1, 0.15) is 0 Å². The van der Waals surface area contributed by atoms with Gasteiger partial charge < -0.3 is 20.5 Å². The summed E-state index contributed by atoms with van der Waals surface area (Å²) < 4.78 is 6.05. The number of benzene rings is 1. The zero-order valence-corrected chi connectivity index (χ0v) is 11.4. The second-order valence-electron chi connectivity index (χ2n) is 4.14. The van der Waals surface area contributed by atoms with Crippen molar-refractivity contribution >= 4 is 27.5 Å². The minimum Gasteiger partial charge on any atom is -0.398 e. The highest BCUT2D eigenvalue weighted by Crippen LogP contribution is 2.21. The Hall–Kier alpha value is -1.11. The lowest BCUT2D eigenvalue weighted by Crippen LogP contribution is -2.50. The number of halogens is 1. The number of ether oxygens (including phenoxy) is 1. The van der Waals surface area contributed by atoms with Gasteiger partial charge in [-0.3, -0.25) is 4.79 Å². The van der Waals surface area contributed by atoms with Gasteiger partial charge in [0, 0.05) is 16.7 Å². The molecule has 18 heavy (non-hydrogen) atoms. The van der Waals surface area contributed by atoms with E-state index in [4.69, 9.17) is 10.5 Å². The molecule has 1 fully saturated rings. The zero-order chi connectivity index (χ0) is 13.1. The minimum atomic E-state index is -0.301. The van der Waals surface area contributed by atoms with Gasteiger partial charge in [0.05, 0.1) is 31.4 Å². The topological polar surface area (TPSA) is 75.8 Å². The molecule has 0 spiro atoms. The summed E-state index contributed by atoms with van der Waals surface area (Å²) in [5, 5.41) is 9.27. The van der Waals surface area contributed by atoms with Crippen molar-refractivity contribution in [3.8, 4) is 0 Å². The molecule has 0 bridgehead atoms. The van der Waals surface area contributed by atoms with Gasteiger partial charge in [-0.25, -0.2) is 0 Å². The summed E-state index contributed by atoms with van der Waals surface area (Å²) in [5.41, 5.74) is 6.71. The van der Waals surface area contributed by atoms with Crippen LogP contribution >= 0.6 is 15.9 Å². The summed E-state index contributed by atoms with van der Waals surface area (Å²) in [7, 11) is 0. The second kappa shape index (κ2) is 5.69. The average molecular weight is 315 g/mol. The molecule has 1 atom stereocenters. The van der Waals surface area contributed by atoms with E-state index in [0.29, 0.717) is 31.0 Å². The Morgan fingerprint density at radius 3 is 3.11 bits per heavy atom. The molecule has 0 radical (unpaired) electrons. The Labute approximate surface area is 114 Å². The maximum atomic E-state index is 12.4. The van der Waals surface area contributed by atoms with Crippen LogP contribution in [0.15, 0.2) is 22.7 Å². The molecule has 1 aliphatic heterocycles. The van der Waals surface area contributed by atoms with Crippen molar-refractivity contribution in [2.45, 2.75) is 6.04 Å². The standard InChI is InChI=1S/C12H15BrN2O3/c13-8-1-2-11(14)10(5-8)12(17)15-3-4-18-7-9(15)6-16/h1-2,5,9,16H,3-4,6-7,14H2. The Balaban J connectivity index is 2.26. The van der Waals surface area contributed by atoms with Crippen molar-refractivity contribution in [2.24, 2.45) is 0 Å². The lowest BCUT2D eigenvalue weighted by Gasteiger charge is -2.34. The first-order chi connectivity index (χ1) is 8.63. The Morgan fingerprint density at radius 1 is 1.61 bits per heavy atom. The minimum absolute atomic E-state index is 0.111. The summed E-state index contributed by atoms with van der Waals surface area (Å²) in [6.45, 7) is 1.20. The maximum absolute atomic E-state index is 12.4. The Morgan fingerprint density at radius 2 is 2.39 bits per heavy atom. The summed E-state index contributed by atoms with van der Waals surface area (Å²) in [6, 6.07) is 4.87. The van der Waals surface area contributed by atoms with Gasteiger partial charge in [-0.05, 0) is 18.2 Å². The monoisotopic (exact) mass is 314 g/mol. The summed E-state index contributed by atoms with van der Waals surface area (Å²) >= 11 is 3.32. The molecule has 5 nitrogen and oxygen atoms in total. The van der Waals surface area contributed by atoms with Crippen LogP contribution in [0.25, 0.3) is 0 Å². The highest BCUT2D eigenvalue weighted by atomic mass is 79.9. The number of hydrogen-bond donors (Lipinski definition) is 2. The molecule has 1 aromatic rings. The van der Waals surface area contributed by atoms with E-state index < -0.39 is 0 Å². The van der Waals surface area contributed by atoms with Crippen LogP contribution in [0.4, 0.5) is 5.69 Å². The number of morpholine rings is 1. The molecule has 1 unspecified atom stereocenters. The third-order valence-corrected chi connectivity index (χ3v) is 3.44. The molecule has 3 N–H and O–H groups in total. The van der Waals surface area contributed by atoms with Crippen molar-refractivity contribution in [1.82, 2.24) is 4.90 Å². The fourth-order valence-electron chi connectivity index (χ4n) is 1.94. The van der Waals surface area contributed by atoms with Crippen molar-refractivity contribution < 1.29 is 14.6 Å².